The Bertz CT molecular complexity index is 145. The van der Waals surface area contributed by atoms with E-state index in [1.54, 1.807) is 6.92 Å². The molecule has 0 aromatic rings. The van der Waals surface area contributed by atoms with Gasteiger partial charge in [-0.15, -0.1) is 0 Å². The maximum absolute atomic E-state index is 8.16. The van der Waals surface area contributed by atoms with Crippen LogP contribution in [0.3, 0.4) is 0 Å². The molecule has 7 heteroatoms. The minimum Gasteiger partial charge on any atom is -0.361 e. The normalized spacial score (nSPS) is 17.7. The van der Waals surface area contributed by atoms with Crippen LogP contribution in [0.15, 0.2) is 0 Å². The van der Waals surface area contributed by atoms with Crippen LogP contribution < -0.4 is 51.5 Å². The summed E-state index contributed by atoms with van der Waals surface area (Å²) in [6, 6.07) is 0. The van der Waals surface area contributed by atoms with Gasteiger partial charge in [0.15, 0.2) is 0 Å². The van der Waals surface area contributed by atoms with Gasteiger partial charge in [0, 0.05) is 6.92 Å². The quantitative estimate of drug-likeness (QED) is 0.154. The maximum Gasteiger partial charge on any atom is 1.00 e. The molecule has 0 N–H and O–H groups in total. The van der Waals surface area contributed by atoms with Crippen molar-refractivity contribution in [2.75, 3.05) is 0 Å². The Kier molecular flexibility index (Phi) is 5.06. The van der Waals surface area contributed by atoms with Gasteiger partial charge < -0.3 is 5.53 Å². The van der Waals surface area contributed by atoms with Gasteiger partial charge in [0.05, 0.1) is 0 Å². The first-order valence-electron chi connectivity index (χ1n) is 2.22. The van der Waals surface area contributed by atoms with E-state index >= 15 is 0 Å². The van der Waals surface area contributed by atoms with Crippen LogP contribution in [0.25, 0.3) is 5.53 Å². The molecule has 0 aromatic carbocycles. The zero-order valence-electron chi connectivity index (χ0n) is 5.68. The van der Waals surface area contributed by atoms with Crippen LogP contribution in [0.1, 0.15) is 6.92 Å². The third-order valence-electron chi connectivity index (χ3n) is 0.792. The van der Waals surface area contributed by atoms with E-state index in [0.29, 0.717) is 5.71 Å². The zero-order valence-corrected chi connectivity index (χ0v) is 7.68. The fourth-order valence-corrected chi connectivity index (χ4v) is 0.334. The van der Waals surface area contributed by atoms with Crippen molar-refractivity contribution in [1.29, 1.82) is 0 Å². The van der Waals surface area contributed by atoms with E-state index < -0.39 is 0 Å². The van der Waals surface area contributed by atoms with Crippen LogP contribution in [0.2, 0.25) is 0 Å². The summed E-state index contributed by atoms with van der Waals surface area (Å²) in [5.41, 5.74) is 21.7. The second-order valence-electron chi connectivity index (χ2n) is 1.39. The van der Waals surface area contributed by atoms with Gasteiger partial charge in [-0.1, -0.05) is 10.9 Å². The zero-order chi connectivity index (χ0) is 6.69. The Morgan fingerprint density at radius 3 is 2.30 bits per heavy atom. The summed E-state index contributed by atoms with van der Waals surface area (Å²) >= 11 is 0. The van der Waals surface area contributed by atoms with Gasteiger partial charge in [-0.3, -0.25) is 0 Å². The molecule has 1 rings (SSSR count). The molecule has 1 aliphatic heterocycles. The molecule has 0 aliphatic carbocycles. The standard InChI is InChI=1S/C3H3N6.Na/c1-2(5-4)3-6-8-9-7-3;/h1H3;/q;+1. The molecule has 1 aliphatic rings. The third-order valence-corrected chi connectivity index (χ3v) is 0.792. The summed E-state index contributed by atoms with van der Waals surface area (Å²) in [6.45, 7) is 1.55. The molecule has 0 spiro atoms. The monoisotopic (exact) mass is 146 g/mol. The maximum atomic E-state index is 8.16. The van der Waals surface area contributed by atoms with Gasteiger partial charge >= 0.3 is 35.3 Å². The summed E-state index contributed by atoms with van der Waals surface area (Å²) in [5, 5.41) is 0. The smallest absolute Gasteiger partial charge is 0.361 e. The molecule has 0 atom stereocenters. The first-order valence-corrected chi connectivity index (χ1v) is 2.22. The summed E-state index contributed by atoms with van der Waals surface area (Å²) in [7, 11) is 0. The molecule has 0 saturated carbocycles. The van der Waals surface area contributed by atoms with Gasteiger partial charge in [0.25, 0.3) is 6.17 Å². The van der Waals surface area contributed by atoms with Crippen LogP contribution in [-0.2, 0) is 0 Å². The van der Waals surface area contributed by atoms with Crippen molar-refractivity contribution < 1.29 is 34.3 Å². The fourth-order valence-electron chi connectivity index (χ4n) is 0.334. The van der Waals surface area contributed by atoms with Crippen molar-refractivity contribution in [2.24, 2.45) is 0 Å². The molecule has 0 amide bonds. The van der Waals surface area contributed by atoms with Crippen molar-refractivity contribution >= 4 is 5.71 Å². The van der Waals surface area contributed by atoms with Crippen LogP contribution in [-0.4, -0.2) is 10.5 Å². The van der Waals surface area contributed by atoms with Gasteiger partial charge in [0.1, 0.15) is 0 Å². The minimum atomic E-state index is 0. The molecule has 5 radical (unpaired) electrons. The first-order chi connectivity index (χ1) is 4.34. The van der Waals surface area contributed by atoms with E-state index in [1.807, 2.05) is 0 Å². The number of hydrogen-bond acceptors (Lipinski definition) is 0. The Hall–Kier alpha value is 0.220. The number of nitrogens with zero attached hydrogens (tertiary/aromatic N) is 6. The number of hydrogen-bond donors (Lipinski definition) is 0. The SMILES string of the molecule is CC(=[N+]=[N-])[C]1[N][N][N][N]1.[Na+]. The first kappa shape index (κ1) is 10.2. The summed E-state index contributed by atoms with van der Waals surface area (Å²) in [6.07, 6.45) is 0.248. The molecule has 6 nitrogen and oxygen atoms in total. The Morgan fingerprint density at radius 1 is 1.40 bits per heavy atom. The predicted octanol–water partition coefficient (Wildman–Crippen LogP) is -4.65. The van der Waals surface area contributed by atoms with Crippen LogP contribution in [0.4, 0.5) is 0 Å². The number of rotatable bonds is 1. The molecule has 10 heavy (non-hydrogen) atoms. The molecule has 1 fully saturated rings. The topological polar surface area (TPSA) is 92.8 Å². The van der Waals surface area contributed by atoms with E-state index in [0.717, 1.165) is 0 Å². The molecule has 0 bridgehead atoms. The van der Waals surface area contributed by atoms with Crippen molar-refractivity contribution in [1.82, 2.24) is 21.9 Å². The summed E-state index contributed by atoms with van der Waals surface area (Å²) in [4.78, 5) is 2.84. The average molecular weight is 146 g/mol. The van der Waals surface area contributed by atoms with E-state index in [2.05, 4.69) is 26.7 Å². The third kappa shape index (κ3) is 2.45. The van der Waals surface area contributed by atoms with Gasteiger partial charge in [-0.2, -0.15) is 4.79 Å². The minimum absolute atomic E-state index is 0. The van der Waals surface area contributed by atoms with Crippen molar-refractivity contribution in [3.8, 4) is 0 Å². The van der Waals surface area contributed by atoms with Gasteiger partial charge in [-0.25, -0.2) is 0 Å². The summed E-state index contributed by atoms with van der Waals surface area (Å²) in [5.74, 6) is 0. The summed E-state index contributed by atoms with van der Waals surface area (Å²) < 4.78 is 0. The fraction of sp³-hybridized carbons (Fsp3) is 0.333. The molecule has 1 saturated heterocycles. The van der Waals surface area contributed by atoms with Crippen molar-refractivity contribution in [3.05, 3.63) is 11.7 Å². The predicted molar refractivity (Wildman–Crippen MR) is 26.1 cm³/mol. The van der Waals surface area contributed by atoms with Crippen LogP contribution in [0.5, 0.6) is 0 Å². The van der Waals surface area contributed by atoms with Crippen LogP contribution >= 0.6 is 0 Å². The Morgan fingerprint density at radius 2 is 1.90 bits per heavy atom. The Balaban J connectivity index is 0.000000810. The van der Waals surface area contributed by atoms with E-state index in [4.69, 9.17) is 5.53 Å². The molecule has 0 unspecified atom stereocenters. The molecular weight excluding hydrogens is 143 g/mol. The van der Waals surface area contributed by atoms with E-state index in [-0.39, 0.29) is 35.7 Å². The second kappa shape index (κ2) is 4.95. The van der Waals surface area contributed by atoms with Crippen LogP contribution in [0, 0.1) is 6.17 Å². The Labute approximate surface area is 80.6 Å². The van der Waals surface area contributed by atoms with Gasteiger partial charge in [0.2, 0.25) is 0 Å². The second-order valence-corrected chi connectivity index (χ2v) is 1.39. The van der Waals surface area contributed by atoms with E-state index in [1.165, 1.54) is 0 Å². The largest absolute Gasteiger partial charge is 1.00 e. The van der Waals surface area contributed by atoms with Gasteiger partial charge in [-0.05, 0) is 11.1 Å². The van der Waals surface area contributed by atoms with E-state index in [9.17, 15) is 0 Å². The molecule has 1 heterocycles. The average Bonchev–Trinajstić information content (AvgIpc) is 2.37. The molecule has 45 valence electrons. The van der Waals surface area contributed by atoms with Crippen molar-refractivity contribution in [3.63, 3.8) is 0 Å². The van der Waals surface area contributed by atoms with Crippen molar-refractivity contribution in [2.45, 2.75) is 6.92 Å². The molecule has 0 aromatic heterocycles. The molecular formula is C3H3N6Na+.